The van der Waals surface area contributed by atoms with Gasteiger partial charge in [0.25, 0.3) is 10.0 Å². The topological polar surface area (TPSA) is 85.1 Å². The van der Waals surface area contributed by atoms with E-state index in [9.17, 15) is 12.8 Å². The summed E-state index contributed by atoms with van der Waals surface area (Å²) in [5.74, 6) is -0.671. The average Bonchev–Trinajstić information content (AvgIpc) is 2.32. The van der Waals surface area contributed by atoms with Crippen LogP contribution in [0.2, 0.25) is 0 Å². The molecule has 0 saturated heterocycles. The van der Waals surface area contributed by atoms with Crippen LogP contribution in [0.4, 0.5) is 15.8 Å². The van der Waals surface area contributed by atoms with Gasteiger partial charge in [-0.05, 0) is 24.3 Å². The molecule has 1 heterocycles. The van der Waals surface area contributed by atoms with Gasteiger partial charge in [-0.15, -0.1) is 0 Å². The van der Waals surface area contributed by atoms with Crippen LogP contribution in [0.5, 0.6) is 0 Å². The van der Waals surface area contributed by atoms with Gasteiger partial charge in [0.15, 0.2) is 5.03 Å². The van der Waals surface area contributed by atoms with Gasteiger partial charge in [0.1, 0.15) is 5.82 Å². The number of rotatable bonds is 3. The lowest BCUT2D eigenvalue weighted by Gasteiger charge is -2.09. The van der Waals surface area contributed by atoms with E-state index in [1.54, 1.807) is 0 Å². The summed E-state index contributed by atoms with van der Waals surface area (Å²) in [6.45, 7) is 0. The molecule has 1 aromatic carbocycles. The molecule has 0 aliphatic carbocycles. The Labute approximate surface area is 104 Å². The Balaban J connectivity index is 2.40. The highest BCUT2D eigenvalue weighted by Crippen LogP contribution is 2.20. The van der Waals surface area contributed by atoms with Crippen LogP contribution in [0.3, 0.4) is 0 Å². The Morgan fingerprint density at radius 3 is 2.56 bits per heavy atom. The van der Waals surface area contributed by atoms with Crippen LogP contribution in [0.25, 0.3) is 0 Å². The summed E-state index contributed by atoms with van der Waals surface area (Å²) in [5, 5.41) is -0.326. The lowest BCUT2D eigenvalue weighted by Crippen LogP contribution is -2.17. The van der Waals surface area contributed by atoms with Crippen molar-refractivity contribution in [2.45, 2.75) is 5.03 Å². The molecule has 5 nitrogen and oxygen atoms in total. The molecule has 0 saturated carbocycles. The van der Waals surface area contributed by atoms with Crippen LogP contribution in [0, 0.1) is 5.82 Å². The molecule has 94 valence electrons. The van der Waals surface area contributed by atoms with Crippen molar-refractivity contribution < 1.29 is 12.8 Å². The molecule has 7 heteroatoms. The first-order chi connectivity index (χ1) is 8.50. The number of nitrogen functional groups attached to an aromatic ring is 1. The van der Waals surface area contributed by atoms with E-state index >= 15 is 0 Å². The normalized spacial score (nSPS) is 11.2. The maximum absolute atomic E-state index is 13.4. The Kier molecular flexibility index (Phi) is 3.15. The third kappa shape index (κ3) is 2.40. The maximum Gasteiger partial charge on any atom is 0.281 e. The predicted octanol–water partition coefficient (Wildman–Crippen LogP) is 1.60. The minimum absolute atomic E-state index is 0.00124. The molecule has 3 N–H and O–H groups in total. The number of pyridine rings is 1. The molecule has 0 radical (unpaired) electrons. The molecule has 1 aromatic heterocycles. The minimum atomic E-state index is -3.99. The summed E-state index contributed by atoms with van der Waals surface area (Å²) in [4.78, 5) is 3.68. The maximum atomic E-state index is 13.4. The second-order valence-corrected chi connectivity index (χ2v) is 5.08. The number of hydrogen-bond donors (Lipinski definition) is 2. The molecule has 2 rings (SSSR count). The molecule has 0 bridgehead atoms. The van der Waals surface area contributed by atoms with Gasteiger partial charge >= 0.3 is 0 Å². The highest BCUT2D eigenvalue weighted by atomic mass is 32.2. The summed E-state index contributed by atoms with van der Waals surface area (Å²) in [5.41, 5.74) is 5.37. The number of nitrogens with one attached hydrogen (secondary N) is 1. The first-order valence-electron chi connectivity index (χ1n) is 4.98. The SMILES string of the molecule is Nc1cccnc1S(=O)(=O)Nc1ccccc1F. The van der Waals surface area contributed by atoms with Crippen LogP contribution >= 0.6 is 0 Å². The summed E-state index contributed by atoms with van der Waals surface area (Å²) in [6, 6.07) is 8.36. The Morgan fingerprint density at radius 2 is 1.89 bits per heavy atom. The quantitative estimate of drug-likeness (QED) is 0.884. The van der Waals surface area contributed by atoms with E-state index in [-0.39, 0.29) is 16.4 Å². The smallest absolute Gasteiger partial charge is 0.281 e. The molecule has 18 heavy (non-hydrogen) atoms. The van der Waals surface area contributed by atoms with Gasteiger partial charge in [-0.2, -0.15) is 8.42 Å². The number of benzene rings is 1. The Hall–Kier alpha value is -2.15. The van der Waals surface area contributed by atoms with E-state index in [1.165, 1.54) is 36.5 Å². The minimum Gasteiger partial charge on any atom is -0.396 e. The number of halogens is 1. The van der Waals surface area contributed by atoms with E-state index < -0.39 is 15.8 Å². The molecule has 0 spiro atoms. The van der Waals surface area contributed by atoms with Gasteiger partial charge < -0.3 is 5.73 Å². The predicted molar refractivity (Wildman–Crippen MR) is 65.9 cm³/mol. The first kappa shape index (κ1) is 12.3. The highest BCUT2D eigenvalue weighted by molar-refractivity contribution is 7.92. The summed E-state index contributed by atoms with van der Waals surface area (Å²) in [6.07, 6.45) is 1.30. The Bertz CT molecular complexity index is 673. The van der Waals surface area contributed by atoms with Crippen molar-refractivity contribution in [1.29, 1.82) is 0 Å². The molecule has 0 aliphatic rings. The van der Waals surface area contributed by atoms with E-state index in [1.807, 2.05) is 0 Å². The number of hydrogen-bond acceptors (Lipinski definition) is 4. The fourth-order valence-electron chi connectivity index (χ4n) is 1.36. The molecule has 0 fully saturated rings. The molecule has 2 aromatic rings. The summed E-state index contributed by atoms with van der Waals surface area (Å²) < 4.78 is 39.4. The third-order valence-electron chi connectivity index (χ3n) is 2.17. The van der Waals surface area contributed by atoms with Gasteiger partial charge in [-0.25, -0.2) is 9.37 Å². The lowest BCUT2D eigenvalue weighted by atomic mass is 10.3. The van der Waals surface area contributed by atoms with Gasteiger partial charge in [0, 0.05) is 6.20 Å². The lowest BCUT2D eigenvalue weighted by molar-refractivity contribution is 0.595. The molecule has 0 unspecified atom stereocenters. The number of sulfonamides is 1. The van der Waals surface area contributed by atoms with Crippen molar-refractivity contribution >= 4 is 21.4 Å². The van der Waals surface area contributed by atoms with Crippen molar-refractivity contribution in [2.75, 3.05) is 10.5 Å². The van der Waals surface area contributed by atoms with Crippen molar-refractivity contribution in [3.63, 3.8) is 0 Å². The van der Waals surface area contributed by atoms with E-state index in [4.69, 9.17) is 5.73 Å². The largest absolute Gasteiger partial charge is 0.396 e. The Morgan fingerprint density at radius 1 is 1.17 bits per heavy atom. The zero-order valence-corrected chi connectivity index (χ0v) is 9.99. The second kappa shape index (κ2) is 4.61. The standard InChI is InChI=1S/C11H10FN3O2S/c12-8-4-1-2-6-10(8)15-18(16,17)11-9(13)5-3-7-14-11/h1-7,15H,13H2. The van der Waals surface area contributed by atoms with Crippen LogP contribution in [0.1, 0.15) is 0 Å². The van der Waals surface area contributed by atoms with Gasteiger partial charge in [-0.1, -0.05) is 12.1 Å². The van der Waals surface area contributed by atoms with Crippen molar-refractivity contribution in [1.82, 2.24) is 4.98 Å². The van der Waals surface area contributed by atoms with E-state index in [2.05, 4.69) is 9.71 Å². The monoisotopic (exact) mass is 267 g/mol. The zero-order valence-electron chi connectivity index (χ0n) is 9.17. The summed E-state index contributed by atoms with van der Waals surface area (Å²) >= 11 is 0. The summed E-state index contributed by atoms with van der Waals surface area (Å²) in [7, 11) is -3.99. The van der Waals surface area contributed by atoms with Gasteiger partial charge in [0.2, 0.25) is 0 Å². The third-order valence-corrected chi connectivity index (χ3v) is 3.51. The van der Waals surface area contributed by atoms with Crippen LogP contribution in [-0.4, -0.2) is 13.4 Å². The molecule has 0 amide bonds. The molecular formula is C11H10FN3O2S. The number of nitrogens with zero attached hydrogens (tertiary/aromatic N) is 1. The number of para-hydroxylation sites is 1. The number of anilines is 2. The highest BCUT2D eigenvalue weighted by Gasteiger charge is 2.20. The number of aromatic nitrogens is 1. The van der Waals surface area contributed by atoms with Crippen LogP contribution < -0.4 is 10.5 Å². The zero-order chi connectivity index (χ0) is 13.2. The van der Waals surface area contributed by atoms with E-state index in [0.29, 0.717) is 0 Å². The first-order valence-corrected chi connectivity index (χ1v) is 6.47. The van der Waals surface area contributed by atoms with Crippen molar-refractivity contribution in [3.05, 3.63) is 48.4 Å². The van der Waals surface area contributed by atoms with Crippen molar-refractivity contribution in [3.8, 4) is 0 Å². The van der Waals surface area contributed by atoms with Gasteiger partial charge in [-0.3, -0.25) is 4.72 Å². The molecule has 0 aliphatic heterocycles. The fourth-order valence-corrected chi connectivity index (χ4v) is 2.49. The number of nitrogens with two attached hydrogens (primary N) is 1. The molecule has 0 atom stereocenters. The van der Waals surface area contributed by atoms with Crippen LogP contribution in [0.15, 0.2) is 47.6 Å². The van der Waals surface area contributed by atoms with Crippen molar-refractivity contribution in [2.24, 2.45) is 0 Å². The van der Waals surface area contributed by atoms with Crippen LogP contribution in [-0.2, 0) is 10.0 Å². The molecular weight excluding hydrogens is 257 g/mol. The van der Waals surface area contributed by atoms with E-state index in [0.717, 1.165) is 6.07 Å². The average molecular weight is 267 g/mol. The fraction of sp³-hybridized carbons (Fsp3) is 0. The van der Waals surface area contributed by atoms with Gasteiger partial charge in [0.05, 0.1) is 11.4 Å². The second-order valence-electron chi connectivity index (χ2n) is 3.48.